The van der Waals surface area contributed by atoms with Crippen LogP contribution in [0.5, 0.6) is 0 Å². The second-order valence-corrected chi connectivity index (χ2v) is 8.25. The van der Waals surface area contributed by atoms with E-state index in [2.05, 4.69) is 16.0 Å². The Morgan fingerprint density at radius 1 is 0.929 bits per heavy atom. The Labute approximate surface area is 175 Å². The van der Waals surface area contributed by atoms with E-state index >= 15 is 0 Å². The molecule has 0 radical (unpaired) electrons. The lowest BCUT2D eigenvalue weighted by molar-refractivity contribution is -0.142. The summed E-state index contributed by atoms with van der Waals surface area (Å²) in [6.45, 7) is 7.55. The van der Waals surface area contributed by atoms with E-state index < -0.39 is 30.0 Å². The van der Waals surface area contributed by atoms with Crippen molar-refractivity contribution in [3.63, 3.8) is 0 Å². The van der Waals surface area contributed by atoms with E-state index in [0.29, 0.717) is 23.6 Å². The first-order valence-corrected chi connectivity index (χ1v) is 9.81. The van der Waals surface area contributed by atoms with Gasteiger partial charge in [0.25, 0.3) is 0 Å². The maximum atomic E-state index is 12.6. The van der Waals surface area contributed by atoms with E-state index in [9.17, 15) is 19.5 Å². The Morgan fingerprint density at radius 3 is 2.00 bits per heavy atom. The van der Waals surface area contributed by atoms with E-state index in [-0.39, 0.29) is 16.9 Å². The van der Waals surface area contributed by atoms with Gasteiger partial charge < -0.3 is 21.1 Å². The Kier molecular flexibility index (Phi) is 9.55. The molecule has 2 atom stereocenters. The van der Waals surface area contributed by atoms with Crippen LogP contribution in [0.15, 0.2) is 18.2 Å². The van der Waals surface area contributed by atoms with Crippen molar-refractivity contribution in [1.29, 1.82) is 0 Å². The topological polar surface area (TPSA) is 108 Å². The summed E-state index contributed by atoms with van der Waals surface area (Å²) in [5.41, 5.74) is 0.416. The zero-order valence-electron chi connectivity index (χ0n) is 16.4. The summed E-state index contributed by atoms with van der Waals surface area (Å²) in [5.74, 6) is -1.44. The number of carbonyl (C=O) groups is 3. The number of aliphatic carboxylic acids is 1. The van der Waals surface area contributed by atoms with Crippen LogP contribution in [0.25, 0.3) is 0 Å². The van der Waals surface area contributed by atoms with E-state index in [4.69, 9.17) is 23.2 Å². The summed E-state index contributed by atoms with van der Waals surface area (Å²) in [6, 6.07) is 2.12. The molecule has 1 aromatic carbocycles. The lowest BCUT2D eigenvalue weighted by Gasteiger charge is -2.23. The van der Waals surface area contributed by atoms with E-state index in [0.717, 1.165) is 0 Å². The minimum Gasteiger partial charge on any atom is -0.480 e. The highest BCUT2D eigenvalue weighted by molar-refractivity contribution is 6.42. The number of anilines is 1. The summed E-state index contributed by atoms with van der Waals surface area (Å²) in [6.07, 6.45) is 0.652. The molecular formula is C19H27Cl2N3O4. The van der Waals surface area contributed by atoms with Gasteiger partial charge in [-0.25, -0.2) is 9.59 Å². The largest absolute Gasteiger partial charge is 0.480 e. The number of benzene rings is 1. The standard InChI is InChI=1S/C19H27Cl2N3O4/c1-10(2)7-15(17(25)23-16(18(26)27)8-11(3)4)24-19(28)22-12-5-6-13(20)14(21)9-12/h5-6,9-11,15-16H,7-8H2,1-4H3,(H,23,25)(H,26,27)(H2,22,24,28). The van der Waals surface area contributed by atoms with Gasteiger partial charge in [0.15, 0.2) is 0 Å². The molecule has 1 aromatic rings. The van der Waals surface area contributed by atoms with Gasteiger partial charge >= 0.3 is 12.0 Å². The Morgan fingerprint density at radius 2 is 1.50 bits per heavy atom. The van der Waals surface area contributed by atoms with Crippen molar-refractivity contribution in [1.82, 2.24) is 10.6 Å². The molecule has 0 fully saturated rings. The summed E-state index contributed by atoms with van der Waals surface area (Å²) in [7, 11) is 0. The van der Waals surface area contributed by atoms with Gasteiger partial charge in [0.2, 0.25) is 5.91 Å². The number of hydrogen-bond donors (Lipinski definition) is 4. The molecule has 9 heteroatoms. The van der Waals surface area contributed by atoms with Crippen LogP contribution in [-0.4, -0.2) is 35.1 Å². The predicted molar refractivity (Wildman–Crippen MR) is 111 cm³/mol. The number of nitrogens with one attached hydrogen (secondary N) is 3. The number of carbonyl (C=O) groups excluding carboxylic acids is 2. The molecule has 0 saturated heterocycles. The molecule has 4 N–H and O–H groups in total. The van der Waals surface area contributed by atoms with Gasteiger partial charge in [-0.05, 0) is 42.9 Å². The van der Waals surface area contributed by atoms with Crippen LogP contribution < -0.4 is 16.0 Å². The van der Waals surface area contributed by atoms with Crippen molar-refractivity contribution in [3.8, 4) is 0 Å². The van der Waals surface area contributed by atoms with Crippen LogP contribution in [0, 0.1) is 11.8 Å². The van der Waals surface area contributed by atoms with Gasteiger partial charge in [-0.15, -0.1) is 0 Å². The summed E-state index contributed by atoms with van der Waals surface area (Å²) in [4.78, 5) is 36.3. The Hall–Kier alpha value is -1.99. The van der Waals surface area contributed by atoms with Crippen molar-refractivity contribution >= 4 is 46.8 Å². The molecule has 0 aromatic heterocycles. The third kappa shape index (κ3) is 8.35. The number of carboxylic acid groups (broad SMARTS) is 1. The fraction of sp³-hybridized carbons (Fsp3) is 0.526. The number of halogens is 2. The van der Waals surface area contributed by atoms with Gasteiger partial charge in [-0.1, -0.05) is 50.9 Å². The van der Waals surface area contributed by atoms with Gasteiger partial charge in [0, 0.05) is 5.69 Å². The molecule has 0 saturated carbocycles. The maximum Gasteiger partial charge on any atom is 0.326 e. The Bertz CT molecular complexity index is 710. The molecule has 7 nitrogen and oxygen atoms in total. The van der Waals surface area contributed by atoms with Gasteiger partial charge in [-0.3, -0.25) is 4.79 Å². The number of urea groups is 1. The minimum atomic E-state index is -1.11. The zero-order chi connectivity index (χ0) is 21.4. The molecule has 3 amide bonds. The normalized spacial score (nSPS) is 13.1. The lowest BCUT2D eigenvalue weighted by atomic mass is 10.0. The first-order valence-electron chi connectivity index (χ1n) is 9.05. The molecule has 1 rings (SSSR count). The number of hydrogen-bond acceptors (Lipinski definition) is 3. The van der Waals surface area contributed by atoms with Crippen LogP contribution in [0.3, 0.4) is 0 Å². The van der Waals surface area contributed by atoms with Crippen molar-refractivity contribution in [2.24, 2.45) is 11.8 Å². The monoisotopic (exact) mass is 431 g/mol. The van der Waals surface area contributed by atoms with Gasteiger partial charge in [-0.2, -0.15) is 0 Å². The van der Waals surface area contributed by atoms with E-state index in [1.165, 1.54) is 6.07 Å². The molecule has 0 spiro atoms. The smallest absolute Gasteiger partial charge is 0.326 e. The maximum absolute atomic E-state index is 12.6. The summed E-state index contributed by atoms with van der Waals surface area (Å²) < 4.78 is 0. The van der Waals surface area contributed by atoms with Crippen molar-refractivity contribution < 1.29 is 19.5 Å². The average Bonchev–Trinajstić information content (AvgIpc) is 2.56. The van der Waals surface area contributed by atoms with Crippen molar-refractivity contribution in [3.05, 3.63) is 28.2 Å². The highest BCUT2D eigenvalue weighted by Gasteiger charge is 2.27. The Balaban J connectivity index is 2.82. The summed E-state index contributed by atoms with van der Waals surface area (Å²) >= 11 is 11.8. The van der Waals surface area contributed by atoms with Crippen LogP contribution in [-0.2, 0) is 9.59 Å². The molecule has 0 heterocycles. The van der Waals surface area contributed by atoms with Crippen molar-refractivity contribution in [2.45, 2.75) is 52.6 Å². The second kappa shape index (κ2) is 11.1. The molecule has 2 unspecified atom stereocenters. The zero-order valence-corrected chi connectivity index (χ0v) is 17.9. The van der Waals surface area contributed by atoms with Crippen LogP contribution >= 0.6 is 23.2 Å². The first kappa shape index (κ1) is 24.0. The van der Waals surface area contributed by atoms with Gasteiger partial charge in [0.05, 0.1) is 10.0 Å². The molecule has 0 aliphatic rings. The SMILES string of the molecule is CC(C)CC(NC(=O)C(CC(C)C)NC(=O)Nc1ccc(Cl)c(Cl)c1)C(=O)O. The highest BCUT2D eigenvalue weighted by Crippen LogP contribution is 2.25. The quantitative estimate of drug-likeness (QED) is 0.470. The number of carboxylic acids is 1. The van der Waals surface area contributed by atoms with Crippen LogP contribution in [0.2, 0.25) is 10.0 Å². The predicted octanol–water partition coefficient (Wildman–Crippen LogP) is 4.15. The van der Waals surface area contributed by atoms with Crippen LogP contribution in [0.1, 0.15) is 40.5 Å². The lowest BCUT2D eigenvalue weighted by Crippen LogP contribution is -2.53. The van der Waals surface area contributed by atoms with E-state index in [1.807, 2.05) is 27.7 Å². The third-order valence-electron chi connectivity index (χ3n) is 3.83. The highest BCUT2D eigenvalue weighted by atomic mass is 35.5. The minimum absolute atomic E-state index is 0.0934. The molecule has 0 aliphatic heterocycles. The third-order valence-corrected chi connectivity index (χ3v) is 4.57. The first-order chi connectivity index (χ1) is 13.0. The van der Waals surface area contributed by atoms with Gasteiger partial charge in [0.1, 0.15) is 12.1 Å². The number of rotatable bonds is 9. The summed E-state index contributed by atoms with van der Waals surface area (Å²) in [5, 5.41) is 17.7. The number of amides is 3. The molecule has 156 valence electrons. The molecule has 0 aliphatic carbocycles. The fourth-order valence-electron chi connectivity index (χ4n) is 2.57. The molecule has 28 heavy (non-hydrogen) atoms. The van der Waals surface area contributed by atoms with Crippen LogP contribution in [0.4, 0.5) is 10.5 Å². The fourth-order valence-corrected chi connectivity index (χ4v) is 2.87. The molecule has 0 bridgehead atoms. The average molecular weight is 432 g/mol. The van der Waals surface area contributed by atoms with E-state index in [1.54, 1.807) is 12.1 Å². The van der Waals surface area contributed by atoms with Crippen molar-refractivity contribution in [2.75, 3.05) is 5.32 Å². The molecular weight excluding hydrogens is 405 g/mol. The second-order valence-electron chi connectivity index (χ2n) is 7.44.